The number of rotatable bonds is 6. The van der Waals surface area contributed by atoms with Crippen LogP contribution in [0.1, 0.15) is 50.4 Å². The molecule has 7 heteroatoms. The Labute approximate surface area is 129 Å². The Morgan fingerprint density at radius 1 is 1.50 bits per heavy atom. The SMILES string of the molecule is CCc1nc([C@@H]2CCCN2C(=O)CCCn2ccnc2)no1. The van der Waals surface area contributed by atoms with Gasteiger partial charge < -0.3 is 14.0 Å². The summed E-state index contributed by atoms with van der Waals surface area (Å²) in [6.45, 7) is 3.57. The summed E-state index contributed by atoms with van der Waals surface area (Å²) in [6, 6.07) is -0.0233. The summed E-state index contributed by atoms with van der Waals surface area (Å²) < 4.78 is 7.16. The third-order valence-corrected chi connectivity index (χ3v) is 4.02. The Morgan fingerprint density at radius 2 is 2.41 bits per heavy atom. The van der Waals surface area contributed by atoms with Crippen molar-refractivity contribution >= 4 is 5.91 Å². The van der Waals surface area contributed by atoms with E-state index in [1.54, 1.807) is 12.5 Å². The molecule has 1 aliphatic heterocycles. The van der Waals surface area contributed by atoms with Gasteiger partial charge in [-0.2, -0.15) is 4.98 Å². The highest BCUT2D eigenvalue weighted by Gasteiger charge is 2.32. The van der Waals surface area contributed by atoms with Crippen LogP contribution < -0.4 is 0 Å². The first-order chi connectivity index (χ1) is 10.8. The molecule has 0 saturated carbocycles. The number of hydrogen-bond acceptors (Lipinski definition) is 5. The fourth-order valence-electron chi connectivity index (χ4n) is 2.86. The second kappa shape index (κ2) is 6.72. The number of hydrogen-bond donors (Lipinski definition) is 0. The van der Waals surface area contributed by atoms with Gasteiger partial charge in [-0.1, -0.05) is 12.1 Å². The normalized spacial score (nSPS) is 18.0. The van der Waals surface area contributed by atoms with E-state index in [4.69, 9.17) is 4.52 Å². The van der Waals surface area contributed by atoms with Gasteiger partial charge in [0.15, 0.2) is 5.82 Å². The lowest BCUT2D eigenvalue weighted by Gasteiger charge is -2.22. The van der Waals surface area contributed by atoms with E-state index >= 15 is 0 Å². The van der Waals surface area contributed by atoms with Crippen molar-refractivity contribution in [3.8, 4) is 0 Å². The number of nitrogens with zero attached hydrogens (tertiary/aromatic N) is 5. The molecule has 22 heavy (non-hydrogen) atoms. The molecule has 7 nitrogen and oxygen atoms in total. The maximum Gasteiger partial charge on any atom is 0.226 e. The van der Waals surface area contributed by atoms with Crippen LogP contribution in [0, 0.1) is 0 Å². The van der Waals surface area contributed by atoms with Crippen LogP contribution in [0.25, 0.3) is 0 Å². The zero-order chi connectivity index (χ0) is 15.4. The van der Waals surface area contributed by atoms with Gasteiger partial charge in [-0.15, -0.1) is 0 Å². The Balaban J connectivity index is 1.56. The molecule has 0 spiro atoms. The van der Waals surface area contributed by atoms with Crippen LogP contribution in [0.4, 0.5) is 0 Å². The number of aryl methyl sites for hydroxylation is 2. The quantitative estimate of drug-likeness (QED) is 0.815. The van der Waals surface area contributed by atoms with Gasteiger partial charge in [-0.3, -0.25) is 4.79 Å². The van der Waals surface area contributed by atoms with Gasteiger partial charge in [0.2, 0.25) is 11.8 Å². The molecule has 2 aromatic rings. The van der Waals surface area contributed by atoms with Gasteiger partial charge in [0.25, 0.3) is 0 Å². The number of amides is 1. The highest BCUT2D eigenvalue weighted by molar-refractivity contribution is 5.76. The highest BCUT2D eigenvalue weighted by atomic mass is 16.5. The molecule has 1 atom stereocenters. The Kier molecular flexibility index (Phi) is 4.50. The summed E-state index contributed by atoms with van der Waals surface area (Å²) >= 11 is 0. The summed E-state index contributed by atoms with van der Waals surface area (Å²) in [4.78, 5) is 22.7. The van der Waals surface area contributed by atoms with Gasteiger partial charge in [0.05, 0.1) is 12.4 Å². The Morgan fingerprint density at radius 3 is 3.14 bits per heavy atom. The Bertz CT molecular complexity index is 607. The summed E-state index contributed by atoms with van der Waals surface area (Å²) in [7, 11) is 0. The molecule has 0 aliphatic carbocycles. The maximum atomic E-state index is 12.4. The van der Waals surface area contributed by atoms with Crippen molar-refractivity contribution in [3.63, 3.8) is 0 Å². The minimum atomic E-state index is -0.0233. The highest BCUT2D eigenvalue weighted by Crippen LogP contribution is 2.30. The van der Waals surface area contributed by atoms with E-state index in [1.807, 2.05) is 22.6 Å². The molecular weight excluding hydrogens is 282 g/mol. The minimum Gasteiger partial charge on any atom is -0.339 e. The van der Waals surface area contributed by atoms with Crippen molar-refractivity contribution in [1.82, 2.24) is 24.6 Å². The van der Waals surface area contributed by atoms with Gasteiger partial charge in [0.1, 0.15) is 0 Å². The van der Waals surface area contributed by atoms with Crippen molar-refractivity contribution in [1.29, 1.82) is 0 Å². The van der Waals surface area contributed by atoms with Gasteiger partial charge in [-0.05, 0) is 19.3 Å². The second-order valence-corrected chi connectivity index (χ2v) is 5.55. The predicted molar refractivity (Wildman–Crippen MR) is 78.8 cm³/mol. The number of carbonyl (C=O) groups is 1. The zero-order valence-corrected chi connectivity index (χ0v) is 12.8. The molecule has 1 aliphatic rings. The van der Waals surface area contributed by atoms with Gasteiger partial charge in [-0.25, -0.2) is 4.98 Å². The molecule has 118 valence electrons. The largest absolute Gasteiger partial charge is 0.339 e. The van der Waals surface area contributed by atoms with Crippen LogP contribution in [-0.2, 0) is 17.8 Å². The third-order valence-electron chi connectivity index (χ3n) is 4.02. The fourth-order valence-corrected chi connectivity index (χ4v) is 2.86. The number of likely N-dealkylation sites (tertiary alicyclic amines) is 1. The van der Waals surface area contributed by atoms with E-state index in [9.17, 15) is 4.79 Å². The van der Waals surface area contributed by atoms with Crippen molar-refractivity contribution in [2.24, 2.45) is 0 Å². The van der Waals surface area contributed by atoms with Crippen molar-refractivity contribution in [3.05, 3.63) is 30.4 Å². The average molecular weight is 303 g/mol. The van der Waals surface area contributed by atoms with Crippen molar-refractivity contribution in [2.75, 3.05) is 6.54 Å². The fraction of sp³-hybridized carbons (Fsp3) is 0.600. The molecule has 0 aromatic carbocycles. The van der Waals surface area contributed by atoms with Crippen LogP contribution >= 0.6 is 0 Å². The lowest BCUT2D eigenvalue weighted by Crippen LogP contribution is -2.31. The monoisotopic (exact) mass is 303 g/mol. The Hall–Kier alpha value is -2.18. The standard InChI is InChI=1S/C15H21N5O2/c1-2-13-17-15(18-22-13)12-5-3-9-20(12)14(21)6-4-8-19-10-7-16-11-19/h7,10-12H,2-6,8-9H2,1H3/t12-/m0/s1. The topological polar surface area (TPSA) is 77.1 Å². The van der Waals surface area contributed by atoms with Gasteiger partial charge >= 0.3 is 0 Å². The second-order valence-electron chi connectivity index (χ2n) is 5.55. The lowest BCUT2D eigenvalue weighted by atomic mass is 10.2. The molecule has 1 fully saturated rings. The molecule has 0 N–H and O–H groups in total. The molecule has 3 rings (SSSR count). The molecular formula is C15H21N5O2. The third kappa shape index (κ3) is 3.18. The maximum absolute atomic E-state index is 12.4. The van der Waals surface area contributed by atoms with E-state index in [0.29, 0.717) is 18.1 Å². The predicted octanol–water partition coefficient (Wildman–Crippen LogP) is 1.97. The van der Waals surface area contributed by atoms with Gasteiger partial charge in [0, 0.05) is 38.3 Å². The smallest absolute Gasteiger partial charge is 0.226 e. The number of aromatic nitrogens is 4. The van der Waals surface area contributed by atoms with Crippen molar-refractivity contribution < 1.29 is 9.32 Å². The van der Waals surface area contributed by atoms with E-state index in [2.05, 4.69) is 15.1 Å². The zero-order valence-electron chi connectivity index (χ0n) is 12.8. The van der Waals surface area contributed by atoms with Crippen LogP contribution in [0.2, 0.25) is 0 Å². The molecule has 3 heterocycles. The van der Waals surface area contributed by atoms with Crippen LogP contribution in [-0.4, -0.2) is 37.0 Å². The first kappa shape index (κ1) is 14.7. The lowest BCUT2D eigenvalue weighted by molar-refractivity contribution is -0.132. The molecule has 0 unspecified atom stereocenters. The first-order valence-electron chi connectivity index (χ1n) is 7.85. The first-order valence-corrected chi connectivity index (χ1v) is 7.85. The molecule has 0 bridgehead atoms. The minimum absolute atomic E-state index is 0.0233. The van der Waals surface area contributed by atoms with E-state index in [-0.39, 0.29) is 11.9 Å². The average Bonchev–Trinajstić information content (AvgIpc) is 3.27. The van der Waals surface area contributed by atoms with Crippen molar-refractivity contribution in [2.45, 2.75) is 51.6 Å². The molecule has 1 amide bonds. The summed E-state index contributed by atoms with van der Waals surface area (Å²) in [5, 5.41) is 4.03. The number of imidazole rings is 1. The molecule has 2 aromatic heterocycles. The van der Waals surface area contributed by atoms with E-state index in [0.717, 1.165) is 38.8 Å². The van der Waals surface area contributed by atoms with Crippen LogP contribution in [0.3, 0.4) is 0 Å². The van der Waals surface area contributed by atoms with Crippen LogP contribution in [0.15, 0.2) is 23.2 Å². The van der Waals surface area contributed by atoms with E-state index in [1.165, 1.54) is 0 Å². The van der Waals surface area contributed by atoms with E-state index < -0.39 is 0 Å². The molecule has 0 radical (unpaired) electrons. The number of carbonyl (C=O) groups excluding carboxylic acids is 1. The summed E-state index contributed by atoms with van der Waals surface area (Å²) in [5.41, 5.74) is 0. The van der Waals surface area contributed by atoms with Crippen LogP contribution in [0.5, 0.6) is 0 Å². The summed E-state index contributed by atoms with van der Waals surface area (Å²) in [5.74, 6) is 1.46. The summed E-state index contributed by atoms with van der Waals surface area (Å²) in [6.07, 6.45) is 9.41. The molecule has 1 saturated heterocycles.